The topological polar surface area (TPSA) is 87.3 Å². The van der Waals surface area contributed by atoms with E-state index >= 15 is 0 Å². The molecule has 0 saturated carbocycles. The van der Waals surface area contributed by atoms with Gasteiger partial charge in [-0.25, -0.2) is 4.39 Å². The monoisotopic (exact) mass is 413 g/mol. The molecule has 0 radical (unpaired) electrons. The summed E-state index contributed by atoms with van der Waals surface area (Å²) in [6.45, 7) is 9.05. The minimum absolute atomic E-state index is 0.140. The van der Waals surface area contributed by atoms with Crippen LogP contribution in [0.5, 0.6) is 0 Å². The lowest BCUT2D eigenvalue weighted by Gasteiger charge is -2.22. The Bertz CT molecular complexity index is 933. The maximum atomic E-state index is 13.8. The van der Waals surface area contributed by atoms with Gasteiger partial charge in [-0.2, -0.15) is 0 Å². The van der Waals surface area contributed by atoms with E-state index in [0.29, 0.717) is 5.69 Å². The van der Waals surface area contributed by atoms with E-state index in [1.807, 2.05) is 32.9 Å². The molecule has 0 aliphatic carbocycles. The molecular weight excluding hydrogens is 385 g/mol. The Morgan fingerprint density at radius 1 is 1.00 bits per heavy atom. The van der Waals surface area contributed by atoms with Crippen LogP contribution in [0.1, 0.15) is 40.9 Å². The molecule has 0 bridgehead atoms. The Labute approximate surface area is 176 Å². The highest BCUT2D eigenvalue weighted by Gasteiger charge is 2.26. The number of anilines is 1. The molecule has 0 aromatic heterocycles. The van der Waals surface area contributed by atoms with E-state index in [1.165, 1.54) is 18.2 Å². The van der Waals surface area contributed by atoms with Crippen molar-refractivity contribution in [2.75, 3.05) is 11.9 Å². The number of carbonyl (C=O) groups excluding carboxylic acids is 3. The molecule has 0 saturated heterocycles. The van der Waals surface area contributed by atoms with Crippen molar-refractivity contribution < 1.29 is 18.8 Å². The summed E-state index contributed by atoms with van der Waals surface area (Å²) >= 11 is 0. The van der Waals surface area contributed by atoms with E-state index in [2.05, 4.69) is 16.0 Å². The van der Waals surface area contributed by atoms with Crippen LogP contribution in [0.4, 0.5) is 10.1 Å². The largest absolute Gasteiger partial charge is 0.345 e. The first kappa shape index (κ1) is 23.1. The molecule has 2 rings (SSSR count). The molecule has 0 aliphatic rings. The van der Waals surface area contributed by atoms with Gasteiger partial charge in [0.2, 0.25) is 11.8 Å². The Morgan fingerprint density at radius 3 is 2.17 bits per heavy atom. The van der Waals surface area contributed by atoms with Crippen molar-refractivity contribution >= 4 is 23.4 Å². The van der Waals surface area contributed by atoms with Crippen molar-refractivity contribution in [2.45, 2.75) is 40.7 Å². The third kappa shape index (κ3) is 5.89. The number of benzene rings is 2. The first-order chi connectivity index (χ1) is 14.1. The highest BCUT2D eigenvalue weighted by molar-refractivity contribution is 5.99. The standard InChI is InChI=1S/C23H28FN3O3/c1-13(2)20(27-22(29)17-8-6-7-9-18(17)24)23(30)25-12-19(28)26-21-15(4)10-14(3)11-16(21)5/h6-11,13,20H,12H2,1-5H3,(H,25,30)(H,26,28)(H,27,29). The van der Waals surface area contributed by atoms with Crippen LogP contribution in [0, 0.1) is 32.5 Å². The molecule has 0 spiro atoms. The van der Waals surface area contributed by atoms with Crippen molar-refractivity contribution in [1.29, 1.82) is 0 Å². The molecule has 2 aromatic carbocycles. The molecule has 2 aromatic rings. The third-order valence-corrected chi connectivity index (χ3v) is 4.72. The molecule has 1 atom stereocenters. The van der Waals surface area contributed by atoms with E-state index in [9.17, 15) is 18.8 Å². The summed E-state index contributed by atoms with van der Waals surface area (Å²) in [6, 6.07) is 8.57. The first-order valence-corrected chi connectivity index (χ1v) is 9.81. The van der Waals surface area contributed by atoms with Crippen LogP contribution in [0.25, 0.3) is 0 Å². The van der Waals surface area contributed by atoms with Gasteiger partial charge in [-0.15, -0.1) is 0 Å². The predicted octanol–water partition coefficient (Wildman–Crippen LogP) is 3.26. The van der Waals surface area contributed by atoms with Crippen LogP contribution >= 0.6 is 0 Å². The second kappa shape index (κ2) is 10.0. The highest BCUT2D eigenvalue weighted by Crippen LogP contribution is 2.21. The van der Waals surface area contributed by atoms with Crippen molar-refractivity contribution in [1.82, 2.24) is 10.6 Å². The Morgan fingerprint density at radius 2 is 1.60 bits per heavy atom. The summed E-state index contributed by atoms with van der Waals surface area (Å²) in [5, 5.41) is 7.91. The molecule has 30 heavy (non-hydrogen) atoms. The van der Waals surface area contributed by atoms with E-state index < -0.39 is 23.7 Å². The summed E-state index contributed by atoms with van der Waals surface area (Å²) in [4.78, 5) is 37.3. The van der Waals surface area contributed by atoms with E-state index in [4.69, 9.17) is 0 Å². The zero-order valence-corrected chi connectivity index (χ0v) is 17.9. The normalized spacial score (nSPS) is 11.7. The lowest BCUT2D eigenvalue weighted by atomic mass is 10.0. The molecule has 1 unspecified atom stereocenters. The van der Waals surface area contributed by atoms with Crippen molar-refractivity contribution in [3.05, 3.63) is 64.5 Å². The van der Waals surface area contributed by atoms with Crippen LogP contribution in [0.15, 0.2) is 36.4 Å². The summed E-state index contributed by atoms with van der Waals surface area (Å²) in [7, 11) is 0. The molecule has 7 heteroatoms. The number of halogens is 1. The van der Waals surface area contributed by atoms with Gasteiger partial charge >= 0.3 is 0 Å². The second-order valence-corrected chi connectivity index (χ2v) is 7.71. The number of hydrogen-bond donors (Lipinski definition) is 3. The smallest absolute Gasteiger partial charge is 0.254 e. The Balaban J connectivity index is 1.99. The minimum Gasteiger partial charge on any atom is -0.345 e. The van der Waals surface area contributed by atoms with Gasteiger partial charge in [0.05, 0.1) is 12.1 Å². The van der Waals surface area contributed by atoms with Gasteiger partial charge in [0.25, 0.3) is 5.91 Å². The number of carbonyl (C=O) groups is 3. The molecule has 6 nitrogen and oxygen atoms in total. The molecule has 0 aliphatic heterocycles. The Hall–Kier alpha value is -3.22. The van der Waals surface area contributed by atoms with Crippen LogP contribution in [-0.2, 0) is 9.59 Å². The van der Waals surface area contributed by atoms with Gasteiger partial charge in [0, 0.05) is 5.69 Å². The third-order valence-electron chi connectivity index (χ3n) is 4.72. The van der Waals surface area contributed by atoms with Gasteiger partial charge in [0.1, 0.15) is 11.9 Å². The van der Waals surface area contributed by atoms with E-state index in [1.54, 1.807) is 19.9 Å². The second-order valence-electron chi connectivity index (χ2n) is 7.71. The van der Waals surface area contributed by atoms with Crippen molar-refractivity contribution in [2.24, 2.45) is 5.92 Å². The van der Waals surface area contributed by atoms with Crippen molar-refractivity contribution in [3.8, 4) is 0 Å². The zero-order valence-electron chi connectivity index (χ0n) is 17.9. The van der Waals surface area contributed by atoms with E-state index in [-0.39, 0.29) is 23.9 Å². The quantitative estimate of drug-likeness (QED) is 0.651. The molecule has 3 N–H and O–H groups in total. The number of nitrogens with one attached hydrogen (secondary N) is 3. The summed E-state index contributed by atoms with van der Waals surface area (Å²) in [6.07, 6.45) is 0. The number of rotatable bonds is 7. The Kier molecular flexibility index (Phi) is 7.69. The van der Waals surface area contributed by atoms with Crippen molar-refractivity contribution in [3.63, 3.8) is 0 Å². The SMILES string of the molecule is Cc1cc(C)c(NC(=O)CNC(=O)C(NC(=O)c2ccccc2F)C(C)C)c(C)c1. The molecule has 3 amide bonds. The predicted molar refractivity (Wildman–Crippen MR) is 115 cm³/mol. The fourth-order valence-corrected chi connectivity index (χ4v) is 3.24. The number of hydrogen-bond acceptors (Lipinski definition) is 3. The van der Waals surface area contributed by atoms with Crippen LogP contribution < -0.4 is 16.0 Å². The first-order valence-electron chi connectivity index (χ1n) is 9.81. The zero-order chi connectivity index (χ0) is 22.4. The summed E-state index contributed by atoms with van der Waals surface area (Å²) < 4.78 is 13.8. The highest BCUT2D eigenvalue weighted by atomic mass is 19.1. The van der Waals surface area contributed by atoms with Gasteiger partial charge in [-0.05, 0) is 49.9 Å². The number of amides is 3. The van der Waals surface area contributed by atoms with Gasteiger partial charge in [-0.1, -0.05) is 43.7 Å². The molecule has 0 heterocycles. The molecule has 160 valence electrons. The minimum atomic E-state index is -0.909. The lowest BCUT2D eigenvalue weighted by molar-refractivity contribution is -0.126. The van der Waals surface area contributed by atoms with Gasteiger partial charge in [0.15, 0.2) is 0 Å². The number of aryl methyl sites for hydroxylation is 3. The average molecular weight is 413 g/mol. The van der Waals surface area contributed by atoms with Crippen LogP contribution in [-0.4, -0.2) is 30.3 Å². The lowest BCUT2D eigenvalue weighted by Crippen LogP contribution is -2.51. The summed E-state index contributed by atoms with van der Waals surface area (Å²) in [5.74, 6) is -2.49. The maximum Gasteiger partial charge on any atom is 0.254 e. The van der Waals surface area contributed by atoms with Gasteiger partial charge in [-0.3, -0.25) is 14.4 Å². The fraction of sp³-hybridized carbons (Fsp3) is 0.348. The van der Waals surface area contributed by atoms with Crippen LogP contribution in [0.2, 0.25) is 0 Å². The molecular formula is C23H28FN3O3. The fourth-order valence-electron chi connectivity index (χ4n) is 3.24. The average Bonchev–Trinajstić information content (AvgIpc) is 2.66. The summed E-state index contributed by atoms with van der Waals surface area (Å²) in [5.41, 5.74) is 3.54. The van der Waals surface area contributed by atoms with Crippen LogP contribution in [0.3, 0.4) is 0 Å². The van der Waals surface area contributed by atoms with E-state index in [0.717, 1.165) is 16.7 Å². The maximum absolute atomic E-state index is 13.8. The molecule has 0 fully saturated rings. The van der Waals surface area contributed by atoms with Gasteiger partial charge < -0.3 is 16.0 Å².